The summed E-state index contributed by atoms with van der Waals surface area (Å²) in [5.74, 6) is 0. The van der Waals surface area contributed by atoms with Gasteiger partial charge < -0.3 is 5.11 Å². The SMILES string of the molecule is Cc1cc(C)c(-n2cccn2)c(CN2CCC(O)(c3cccnc3)CC2)c1. The maximum absolute atomic E-state index is 11.0. The minimum atomic E-state index is -0.766. The lowest BCUT2D eigenvalue weighted by atomic mass is 9.85. The molecule has 0 spiro atoms. The van der Waals surface area contributed by atoms with Crippen molar-refractivity contribution in [2.24, 2.45) is 0 Å². The first-order valence-electron chi connectivity index (χ1n) is 9.50. The van der Waals surface area contributed by atoms with E-state index in [1.54, 1.807) is 12.4 Å². The third-order valence-electron chi connectivity index (χ3n) is 5.53. The maximum atomic E-state index is 11.0. The number of hydrogen-bond donors (Lipinski definition) is 1. The summed E-state index contributed by atoms with van der Waals surface area (Å²) in [5, 5.41) is 15.5. The van der Waals surface area contributed by atoms with Gasteiger partial charge in [-0.25, -0.2) is 4.68 Å². The van der Waals surface area contributed by atoms with Crippen LogP contribution in [0.3, 0.4) is 0 Å². The van der Waals surface area contributed by atoms with Gasteiger partial charge in [0.15, 0.2) is 0 Å². The van der Waals surface area contributed by atoms with Crippen molar-refractivity contribution in [3.8, 4) is 5.69 Å². The number of pyridine rings is 1. The van der Waals surface area contributed by atoms with Gasteiger partial charge in [0.1, 0.15) is 0 Å². The van der Waals surface area contributed by atoms with Crippen LogP contribution in [0.4, 0.5) is 0 Å². The summed E-state index contributed by atoms with van der Waals surface area (Å²) in [5.41, 5.74) is 5.10. The minimum absolute atomic E-state index is 0.723. The second-order valence-electron chi connectivity index (χ2n) is 7.59. The average molecular weight is 362 g/mol. The van der Waals surface area contributed by atoms with Gasteiger partial charge in [0.2, 0.25) is 0 Å². The molecule has 1 N–H and O–H groups in total. The standard InChI is InChI=1S/C22H26N4O/c1-17-13-18(2)21(26-10-4-9-24-26)19(14-17)16-25-11-6-22(27,7-12-25)20-5-3-8-23-15-20/h3-5,8-10,13-15,27H,6-7,11-12,16H2,1-2H3. The monoisotopic (exact) mass is 362 g/mol. The molecule has 0 saturated carbocycles. The second-order valence-corrected chi connectivity index (χ2v) is 7.59. The molecule has 3 aromatic rings. The highest BCUT2D eigenvalue weighted by Gasteiger charge is 2.34. The Kier molecular flexibility index (Phi) is 4.81. The molecule has 140 valence electrons. The van der Waals surface area contributed by atoms with E-state index in [2.05, 4.69) is 41.0 Å². The number of aliphatic hydroxyl groups is 1. The van der Waals surface area contributed by atoms with Crippen molar-refractivity contribution < 1.29 is 5.11 Å². The Bertz CT molecular complexity index is 898. The number of piperidine rings is 1. The van der Waals surface area contributed by atoms with E-state index in [-0.39, 0.29) is 0 Å². The predicted molar refractivity (Wildman–Crippen MR) is 106 cm³/mol. The number of benzene rings is 1. The van der Waals surface area contributed by atoms with Gasteiger partial charge in [-0.05, 0) is 49.9 Å². The van der Waals surface area contributed by atoms with E-state index in [1.165, 1.54) is 22.4 Å². The van der Waals surface area contributed by atoms with Crippen LogP contribution in [0.1, 0.15) is 35.1 Å². The molecule has 27 heavy (non-hydrogen) atoms. The molecule has 0 amide bonds. The van der Waals surface area contributed by atoms with Crippen molar-refractivity contribution in [1.82, 2.24) is 19.7 Å². The number of aromatic nitrogens is 3. The Morgan fingerprint density at radius 1 is 1.11 bits per heavy atom. The molecular weight excluding hydrogens is 336 g/mol. The van der Waals surface area contributed by atoms with Gasteiger partial charge in [0.25, 0.3) is 0 Å². The molecule has 4 rings (SSSR count). The topological polar surface area (TPSA) is 54.2 Å². The first-order chi connectivity index (χ1) is 13.0. The van der Waals surface area contributed by atoms with E-state index in [1.807, 2.05) is 35.3 Å². The Balaban J connectivity index is 1.53. The van der Waals surface area contributed by atoms with Gasteiger partial charge in [-0.15, -0.1) is 0 Å². The summed E-state index contributed by atoms with van der Waals surface area (Å²) in [6.07, 6.45) is 8.80. The van der Waals surface area contributed by atoms with Crippen molar-refractivity contribution in [3.63, 3.8) is 0 Å². The molecule has 1 saturated heterocycles. The molecule has 0 radical (unpaired) electrons. The predicted octanol–water partition coefficient (Wildman–Crippen LogP) is 3.37. The molecule has 2 aromatic heterocycles. The Morgan fingerprint density at radius 2 is 1.93 bits per heavy atom. The van der Waals surface area contributed by atoms with E-state index >= 15 is 0 Å². The molecule has 0 aliphatic carbocycles. The molecular formula is C22H26N4O. The summed E-state index contributed by atoms with van der Waals surface area (Å²) < 4.78 is 1.96. The Morgan fingerprint density at radius 3 is 2.59 bits per heavy atom. The smallest absolute Gasteiger partial charge is 0.0935 e. The highest BCUT2D eigenvalue weighted by molar-refractivity contribution is 5.49. The quantitative estimate of drug-likeness (QED) is 0.773. The molecule has 0 atom stereocenters. The molecule has 5 nitrogen and oxygen atoms in total. The first kappa shape index (κ1) is 17.9. The summed E-state index contributed by atoms with van der Waals surface area (Å²) in [6, 6.07) is 10.3. The third kappa shape index (κ3) is 3.66. The zero-order valence-corrected chi connectivity index (χ0v) is 16.0. The van der Waals surface area contributed by atoms with Crippen LogP contribution >= 0.6 is 0 Å². The number of likely N-dealkylation sites (tertiary alicyclic amines) is 1. The van der Waals surface area contributed by atoms with E-state index in [4.69, 9.17) is 0 Å². The molecule has 0 bridgehead atoms. The van der Waals surface area contributed by atoms with Gasteiger partial charge in [0.05, 0.1) is 11.3 Å². The molecule has 3 heterocycles. The summed E-state index contributed by atoms with van der Waals surface area (Å²) in [7, 11) is 0. The van der Waals surface area contributed by atoms with Crippen LogP contribution in [-0.4, -0.2) is 37.9 Å². The zero-order valence-electron chi connectivity index (χ0n) is 16.0. The second kappa shape index (κ2) is 7.25. The van der Waals surface area contributed by atoms with Crippen molar-refractivity contribution >= 4 is 0 Å². The van der Waals surface area contributed by atoms with Crippen LogP contribution in [0.15, 0.2) is 55.1 Å². The first-order valence-corrected chi connectivity index (χ1v) is 9.50. The minimum Gasteiger partial charge on any atom is -0.385 e. The van der Waals surface area contributed by atoms with Gasteiger partial charge in [-0.3, -0.25) is 9.88 Å². The molecule has 0 unspecified atom stereocenters. The van der Waals surface area contributed by atoms with Gasteiger partial charge in [-0.1, -0.05) is 23.8 Å². The number of rotatable bonds is 4. The number of aryl methyl sites for hydroxylation is 2. The molecule has 5 heteroatoms. The van der Waals surface area contributed by atoms with Crippen LogP contribution in [0.2, 0.25) is 0 Å². The van der Waals surface area contributed by atoms with E-state index in [9.17, 15) is 5.11 Å². The van der Waals surface area contributed by atoms with E-state index in [0.29, 0.717) is 0 Å². The van der Waals surface area contributed by atoms with Crippen LogP contribution < -0.4 is 0 Å². The number of nitrogens with zero attached hydrogens (tertiary/aromatic N) is 4. The average Bonchev–Trinajstić information content (AvgIpc) is 3.18. The molecule has 1 aliphatic heterocycles. The normalized spacial score (nSPS) is 17.1. The lowest BCUT2D eigenvalue weighted by molar-refractivity contribution is -0.0279. The van der Waals surface area contributed by atoms with Crippen molar-refractivity contribution in [1.29, 1.82) is 0 Å². The van der Waals surface area contributed by atoms with Gasteiger partial charge in [-0.2, -0.15) is 5.10 Å². The molecule has 1 fully saturated rings. The van der Waals surface area contributed by atoms with Crippen LogP contribution in [0.5, 0.6) is 0 Å². The fourth-order valence-corrected chi connectivity index (χ4v) is 4.15. The van der Waals surface area contributed by atoms with Crippen LogP contribution in [-0.2, 0) is 12.1 Å². The highest BCUT2D eigenvalue weighted by Crippen LogP contribution is 2.33. The third-order valence-corrected chi connectivity index (χ3v) is 5.53. The van der Waals surface area contributed by atoms with Crippen molar-refractivity contribution in [2.45, 2.75) is 38.8 Å². The lowest BCUT2D eigenvalue weighted by Gasteiger charge is -2.38. The molecule has 1 aliphatic rings. The highest BCUT2D eigenvalue weighted by atomic mass is 16.3. The maximum Gasteiger partial charge on any atom is 0.0935 e. The summed E-state index contributed by atoms with van der Waals surface area (Å²) in [4.78, 5) is 6.59. The van der Waals surface area contributed by atoms with Crippen LogP contribution in [0, 0.1) is 13.8 Å². The van der Waals surface area contributed by atoms with Crippen molar-refractivity contribution in [2.75, 3.05) is 13.1 Å². The van der Waals surface area contributed by atoms with E-state index in [0.717, 1.165) is 38.0 Å². The molecule has 1 aromatic carbocycles. The summed E-state index contributed by atoms with van der Waals surface area (Å²) >= 11 is 0. The lowest BCUT2D eigenvalue weighted by Crippen LogP contribution is -2.42. The van der Waals surface area contributed by atoms with Crippen LogP contribution in [0.25, 0.3) is 5.69 Å². The Hall–Kier alpha value is -2.50. The van der Waals surface area contributed by atoms with E-state index < -0.39 is 5.60 Å². The zero-order chi connectivity index (χ0) is 18.9. The van der Waals surface area contributed by atoms with Gasteiger partial charge >= 0.3 is 0 Å². The fourth-order valence-electron chi connectivity index (χ4n) is 4.15. The largest absolute Gasteiger partial charge is 0.385 e. The summed E-state index contributed by atoms with van der Waals surface area (Å²) in [6.45, 7) is 6.86. The van der Waals surface area contributed by atoms with Crippen molar-refractivity contribution in [3.05, 3.63) is 77.4 Å². The van der Waals surface area contributed by atoms with Gasteiger partial charge in [0, 0.05) is 50.0 Å². The fraction of sp³-hybridized carbons (Fsp3) is 0.364. The number of hydrogen-bond acceptors (Lipinski definition) is 4. The Labute approximate surface area is 160 Å².